The molecule has 1 aromatic carbocycles. The van der Waals surface area contributed by atoms with Gasteiger partial charge in [-0.3, -0.25) is 9.48 Å². The Labute approximate surface area is 126 Å². The van der Waals surface area contributed by atoms with Crippen LogP contribution in [0.1, 0.15) is 24.9 Å². The van der Waals surface area contributed by atoms with Crippen molar-refractivity contribution in [1.29, 1.82) is 0 Å². The number of fused-ring (bicyclic) bond motifs is 1. The van der Waals surface area contributed by atoms with Crippen molar-refractivity contribution in [2.24, 2.45) is 0 Å². The van der Waals surface area contributed by atoms with Gasteiger partial charge < -0.3 is 15.3 Å². The third-order valence-electron chi connectivity index (χ3n) is 3.58. The van der Waals surface area contributed by atoms with E-state index in [0.717, 1.165) is 16.6 Å². The summed E-state index contributed by atoms with van der Waals surface area (Å²) in [6.45, 7) is 2.35. The summed E-state index contributed by atoms with van der Waals surface area (Å²) >= 11 is 0. The van der Waals surface area contributed by atoms with E-state index in [4.69, 9.17) is 0 Å². The molecule has 0 unspecified atom stereocenters. The quantitative estimate of drug-likeness (QED) is 0.663. The van der Waals surface area contributed by atoms with Crippen molar-refractivity contribution >= 4 is 16.9 Å². The number of nitrogens with zero attached hydrogens (tertiary/aromatic N) is 2. The van der Waals surface area contributed by atoms with E-state index >= 15 is 0 Å². The van der Waals surface area contributed by atoms with Crippen LogP contribution < -0.4 is 11.0 Å². The van der Waals surface area contributed by atoms with Gasteiger partial charge in [0.15, 0.2) is 0 Å². The number of benzene rings is 1. The van der Waals surface area contributed by atoms with Crippen LogP contribution in [0.2, 0.25) is 0 Å². The molecule has 22 heavy (non-hydrogen) atoms. The third kappa shape index (κ3) is 2.78. The summed E-state index contributed by atoms with van der Waals surface area (Å²) in [7, 11) is 0. The number of hydrogen-bond donors (Lipinski definition) is 3. The Morgan fingerprint density at radius 2 is 2.18 bits per heavy atom. The van der Waals surface area contributed by atoms with Gasteiger partial charge in [-0.25, -0.2) is 4.79 Å². The lowest BCUT2D eigenvalue weighted by atomic mass is 10.1. The molecule has 1 atom stereocenters. The Bertz CT molecular complexity index is 831. The molecule has 114 valence electrons. The molecular weight excluding hydrogens is 282 g/mol. The number of hydrogen-bond acceptors (Lipinski definition) is 3. The van der Waals surface area contributed by atoms with Crippen LogP contribution in [0.3, 0.4) is 0 Å². The minimum absolute atomic E-state index is 0.0751. The van der Waals surface area contributed by atoms with Crippen LogP contribution >= 0.6 is 0 Å². The van der Waals surface area contributed by atoms with E-state index in [2.05, 4.69) is 20.4 Å². The molecule has 2 heterocycles. The molecule has 0 fully saturated rings. The summed E-state index contributed by atoms with van der Waals surface area (Å²) in [5.41, 5.74) is 2.17. The van der Waals surface area contributed by atoms with Crippen molar-refractivity contribution in [3.05, 3.63) is 52.7 Å². The van der Waals surface area contributed by atoms with Crippen LogP contribution in [-0.2, 0) is 11.3 Å². The molecule has 3 N–H and O–H groups in total. The fourth-order valence-electron chi connectivity index (χ4n) is 2.45. The van der Waals surface area contributed by atoms with E-state index in [0.29, 0.717) is 13.0 Å². The Kier molecular flexibility index (Phi) is 3.78. The predicted molar refractivity (Wildman–Crippen MR) is 82.3 cm³/mol. The second-order valence-electron chi connectivity index (χ2n) is 5.09. The van der Waals surface area contributed by atoms with Gasteiger partial charge >= 0.3 is 5.69 Å². The van der Waals surface area contributed by atoms with Crippen LogP contribution in [0, 0.1) is 0 Å². The number of aromatic nitrogens is 4. The maximum Gasteiger partial charge on any atom is 0.323 e. The van der Waals surface area contributed by atoms with Gasteiger partial charge in [0.2, 0.25) is 5.91 Å². The number of amides is 1. The maximum absolute atomic E-state index is 12.3. The Morgan fingerprint density at radius 3 is 2.91 bits per heavy atom. The molecule has 3 rings (SSSR count). The number of H-pyrrole nitrogens is 2. The van der Waals surface area contributed by atoms with Crippen molar-refractivity contribution < 1.29 is 4.79 Å². The van der Waals surface area contributed by atoms with Gasteiger partial charge in [0.1, 0.15) is 6.04 Å². The number of nitrogens with one attached hydrogen (secondary N) is 3. The van der Waals surface area contributed by atoms with Gasteiger partial charge in [0, 0.05) is 18.9 Å². The summed E-state index contributed by atoms with van der Waals surface area (Å²) in [4.78, 5) is 28.9. The van der Waals surface area contributed by atoms with Crippen LogP contribution in [0.4, 0.5) is 0 Å². The van der Waals surface area contributed by atoms with Gasteiger partial charge in [-0.2, -0.15) is 5.10 Å². The summed E-state index contributed by atoms with van der Waals surface area (Å²) < 4.78 is 1.65. The van der Waals surface area contributed by atoms with Gasteiger partial charge in [0.05, 0.1) is 11.0 Å². The summed E-state index contributed by atoms with van der Waals surface area (Å²) in [6, 6.07) is 7.03. The minimum atomic E-state index is -0.314. The summed E-state index contributed by atoms with van der Waals surface area (Å²) in [5.74, 6) is -0.0751. The number of aromatic amines is 2. The normalized spacial score (nSPS) is 12.4. The SMILES string of the molecule is CC[C@H](C(=O)NCc1ccc2[nH]c(=O)[nH]c2c1)n1cccn1. The standard InChI is InChI=1S/C15H17N5O2/c1-2-13(20-7-3-6-17-20)14(21)16-9-10-4-5-11-12(8-10)19-15(22)18-11/h3-8,13H,2,9H2,1H3,(H,16,21)(H2,18,19,22)/t13-/m1/s1. The first-order valence-corrected chi connectivity index (χ1v) is 7.15. The zero-order valence-electron chi connectivity index (χ0n) is 12.2. The van der Waals surface area contributed by atoms with Crippen molar-refractivity contribution in [2.45, 2.75) is 25.9 Å². The van der Waals surface area contributed by atoms with Crippen molar-refractivity contribution in [1.82, 2.24) is 25.1 Å². The Balaban J connectivity index is 1.70. The fraction of sp³-hybridized carbons (Fsp3) is 0.267. The zero-order valence-corrected chi connectivity index (χ0v) is 12.2. The zero-order chi connectivity index (χ0) is 15.5. The molecular formula is C15H17N5O2. The van der Waals surface area contributed by atoms with Crippen LogP contribution in [0.25, 0.3) is 11.0 Å². The molecule has 0 bridgehead atoms. The highest BCUT2D eigenvalue weighted by atomic mass is 16.2. The number of carbonyl (C=O) groups excluding carboxylic acids is 1. The maximum atomic E-state index is 12.3. The smallest absolute Gasteiger partial charge is 0.323 e. The lowest BCUT2D eigenvalue weighted by molar-refractivity contribution is -0.124. The van der Waals surface area contributed by atoms with Gasteiger partial charge in [0.25, 0.3) is 0 Å². The molecule has 0 aliphatic rings. The molecule has 0 saturated heterocycles. The average Bonchev–Trinajstić information content (AvgIpc) is 3.14. The van der Waals surface area contributed by atoms with E-state index in [1.807, 2.05) is 25.1 Å². The second-order valence-corrected chi connectivity index (χ2v) is 5.09. The van der Waals surface area contributed by atoms with E-state index in [1.54, 1.807) is 23.1 Å². The van der Waals surface area contributed by atoms with Crippen LogP contribution in [-0.4, -0.2) is 25.7 Å². The molecule has 2 aromatic heterocycles. The largest absolute Gasteiger partial charge is 0.350 e. The molecule has 7 nitrogen and oxygen atoms in total. The van der Waals surface area contributed by atoms with Crippen LogP contribution in [0.5, 0.6) is 0 Å². The molecule has 7 heteroatoms. The summed E-state index contributed by atoms with van der Waals surface area (Å²) in [6.07, 6.45) is 4.11. The highest BCUT2D eigenvalue weighted by Gasteiger charge is 2.18. The number of imidazole rings is 1. The second kappa shape index (κ2) is 5.88. The molecule has 0 aliphatic heterocycles. The van der Waals surface area contributed by atoms with Crippen molar-refractivity contribution in [3.8, 4) is 0 Å². The van der Waals surface area contributed by atoms with E-state index in [-0.39, 0.29) is 17.6 Å². The van der Waals surface area contributed by atoms with Gasteiger partial charge in [-0.1, -0.05) is 13.0 Å². The van der Waals surface area contributed by atoms with E-state index < -0.39 is 0 Å². The van der Waals surface area contributed by atoms with Crippen molar-refractivity contribution in [2.75, 3.05) is 0 Å². The van der Waals surface area contributed by atoms with Crippen molar-refractivity contribution in [3.63, 3.8) is 0 Å². The first-order chi connectivity index (χ1) is 10.7. The molecule has 1 amide bonds. The minimum Gasteiger partial charge on any atom is -0.350 e. The third-order valence-corrected chi connectivity index (χ3v) is 3.58. The molecule has 3 aromatic rings. The average molecular weight is 299 g/mol. The number of rotatable bonds is 5. The fourth-order valence-corrected chi connectivity index (χ4v) is 2.45. The Morgan fingerprint density at radius 1 is 1.36 bits per heavy atom. The highest BCUT2D eigenvalue weighted by molar-refractivity contribution is 5.80. The first-order valence-electron chi connectivity index (χ1n) is 7.15. The van der Waals surface area contributed by atoms with E-state index in [9.17, 15) is 9.59 Å². The van der Waals surface area contributed by atoms with Gasteiger partial charge in [-0.05, 0) is 30.2 Å². The van der Waals surface area contributed by atoms with Gasteiger partial charge in [-0.15, -0.1) is 0 Å². The summed E-state index contributed by atoms with van der Waals surface area (Å²) in [5, 5.41) is 7.03. The topological polar surface area (TPSA) is 95.6 Å². The lowest BCUT2D eigenvalue weighted by Crippen LogP contribution is -2.32. The first kappa shape index (κ1) is 14.1. The molecule has 0 saturated carbocycles. The monoisotopic (exact) mass is 299 g/mol. The molecule has 0 aliphatic carbocycles. The number of carbonyl (C=O) groups is 1. The van der Waals surface area contributed by atoms with E-state index in [1.165, 1.54) is 0 Å². The molecule has 0 spiro atoms. The predicted octanol–water partition coefficient (Wildman–Crippen LogP) is 1.32. The highest BCUT2D eigenvalue weighted by Crippen LogP contribution is 2.12. The lowest BCUT2D eigenvalue weighted by Gasteiger charge is -2.15. The van der Waals surface area contributed by atoms with Crippen LogP contribution in [0.15, 0.2) is 41.5 Å². The Hall–Kier alpha value is -2.83. The molecule has 0 radical (unpaired) electrons.